The summed E-state index contributed by atoms with van der Waals surface area (Å²) in [5.41, 5.74) is 1.36. The Balaban J connectivity index is 1.30. The van der Waals surface area contributed by atoms with E-state index in [4.69, 9.17) is 0 Å². The third-order valence-corrected chi connectivity index (χ3v) is 4.34. The van der Waals surface area contributed by atoms with Gasteiger partial charge in [0.2, 0.25) is 0 Å². The van der Waals surface area contributed by atoms with E-state index in [9.17, 15) is 0 Å². The van der Waals surface area contributed by atoms with Crippen LogP contribution >= 0.6 is 0 Å². The van der Waals surface area contributed by atoms with E-state index in [0.29, 0.717) is 0 Å². The van der Waals surface area contributed by atoms with Crippen LogP contribution in [0.2, 0.25) is 0 Å². The van der Waals surface area contributed by atoms with E-state index in [1.165, 1.54) is 64.0 Å². The van der Waals surface area contributed by atoms with E-state index in [2.05, 4.69) is 21.7 Å². The molecule has 0 amide bonds. The zero-order valence-corrected chi connectivity index (χ0v) is 11.5. The summed E-state index contributed by atoms with van der Waals surface area (Å²) in [7, 11) is 0. The summed E-state index contributed by atoms with van der Waals surface area (Å²) in [4.78, 5) is 5.22. The van der Waals surface area contributed by atoms with Crippen molar-refractivity contribution in [2.45, 2.75) is 31.7 Å². The molecule has 3 fully saturated rings. The molecule has 102 valence electrons. The smallest absolute Gasteiger partial charge is 0.0203 e. The fraction of sp³-hybridized carbons (Fsp3) is 0.867. The fourth-order valence-corrected chi connectivity index (χ4v) is 2.74. The molecule has 1 aliphatic heterocycles. The molecule has 1 N–H and O–H groups in total. The van der Waals surface area contributed by atoms with Gasteiger partial charge in [-0.1, -0.05) is 6.58 Å². The number of nitrogens with one attached hydrogen (secondary N) is 1. The molecular formula is C15H27N3. The van der Waals surface area contributed by atoms with Crippen LogP contribution in [0, 0.1) is 5.92 Å². The van der Waals surface area contributed by atoms with Crippen LogP contribution in [-0.2, 0) is 0 Å². The van der Waals surface area contributed by atoms with Gasteiger partial charge in [0.1, 0.15) is 0 Å². The summed E-state index contributed by atoms with van der Waals surface area (Å²) in [5, 5.41) is 3.55. The van der Waals surface area contributed by atoms with Crippen molar-refractivity contribution in [2.24, 2.45) is 5.92 Å². The molecule has 3 nitrogen and oxygen atoms in total. The zero-order valence-electron chi connectivity index (χ0n) is 11.5. The molecule has 0 atom stereocenters. The maximum atomic E-state index is 4.21. The fourth-order valence-electron chi connectivity index (χ4n) is 2.74. The summed E-state index contributed by atoms with van der Waals surface area (Å²) < 4.78 is 0. The molecule has 1 saturated heterocycles. The van der Waals surface area contributed by atoms with Crippen LogP contribution in [0.5, 0.6) is 0 Å². The van der Waals surface area contributed by atoms with Crippen molar-refractivity contribution in [2.75, 3.05) is 45.8 Å². The number of piperazine rings is 1. The molecule has 0 radical (unpaired) electrons. The minimum atomic E-state index is 0.803. The molecule has 2 saturated carbocycles. The Morgan fingerprint density at radius 3 is 2.28 bits per heavy atom. The molecule has 0 aromatic carbocycles. The highest BCUT2D eigenvalue weighted by Gasteiger charge is 2.26. The first kappa shape index (κ1) is 12.6. The highest BCUT2D eigenvalue weighted by atomic mass is 15.3. The average molecular weight is 249 g/mol. The third kappa shape index (κ3) is 4.08. The maximum Gasteiger partial charge on any atom is 0.0203 e. The van der Waals surface area contributed by atoms with Crippen molar-refractivity contribution in [3.8, 4) is 0 Å². The molecule has 2 aliphatic carbocycles. The van der Waals surface area contributed by atoms with Gasteiger partial charge in [0.15, 0.2) is 0 Å². The van der Waals surface area contributed by atoms with Gasteiger partial charge in [-0.25, -0.2) is 0 Å². The highest BCUT2D eigenvalue weighted by Crippen LogP contribution is 2.29. The first-order valence-electron chi connectivity index (χ1n) is 7.64. The number of nitrogens with zero attached hydrogens (tertiary/aromatic N) is 2. The second-order valence-electron chi connectivity index (χ2n) is 6.43. The van der Waals surface area contributed by atoms with Crippen molar-refractivity contribution >= 4 is 0 Å². The van der Waals surface area contributed by atoms with E-state index in [-0.39, 0.29) is 0 Å². The lowest BCUT2D eigenvalue weighted by Crippen LogP contribution is -2.47. The zero-order chi connectivity index (χ0) is 12.4. The van der Waals surface area contributed by atoms with Gasteiger partial charge < -0.3 is 10.2 Å². The van der Waals surface area contributed by atoms with Gasteiger partial charge in [-0.3, -0.25) is 4.90 Å². The Labute approximate surface area is 111 Å². The molecule has 3 heteroatoms. The summed E-state index contributed by atoms with van der Waals surface area (Å²) in [6.07, 6.45) is 5.69. The summed E-state index contributed by atoms with van der Waals surface area (Å²) in [6.45, 7) is 12.7. The molecule has 3 aliphatic rings. The van der Waals surface area contributed by atoms with Crippen LogP contribution in [0.3, 0.4) is 0 Å². The van der Waals surface area contributed by atoms with Crippen LogP contribution in [0.4, 0.5) is 0 Å². The Kier molecular flexibility index (Phi) is 4.02. The second-order valence-corrected chi connectivity index (χ2v) is 6.43. The van der Waals surface area contributed by atoms with Crippen LogP contribution in [0.25, 0.3) is 0 Å². The predicted molar refractivity (Wildman–Crippen MR) is 75.8 cm³/mol. The van der Waals surface area contributed by atoms with Crippen LogP contribution in [0.1, 0.15) is 25.7 Å². The monoisotopic (exact) mass is 249 g/mol. The third-order valence-electron chi connectivity index (χ3n) is 4.34. The number of hydrogen-bond donors (Lipinski definition) is 1. The van der Waals surface area contributed by atoms with E-state index in [1.54, 1.807) is 0 Å². The van der Waals surface area contributed by atoms with Crippen LogP contribution < -0.4 is 5.32 Å². The highest BCUT2D eigenvalue weighted by molar-refractivity contribution is 5.02. The first-order chi connectivity index (χ1) is 8.79. The van der Waals surface area contributed by atoms with Crippen molar-refractivity contribution < 1.29 is 0 Å². The molecule has 0 bridgehead atoms. The lowest BCUT2D eigenvalue weighted by atomic mass is 10.2. The Morgan fingerprint density at radius 1 is 1.00 bits per heavy atom. The predicted octanol–water partition coefficient (Wildman–Crippen LogP) is 1.32. The lowest BCUT2D eigenvalue weighted by molar-refractivity contribution is 0.136. The van der Waals surface area contributed by atoms with Crippen molar-refractivity contribution in [3.63, 3.8) is 0 Å². The van der Waals surface area contributed by atoms with Gasteiger partial charge in [-0.05, 0) is 37.2 Å². The molecule has 3 rings (SSSR count). The van der Waals surface area contributed by atoms with Gasteiger partial charge in [0.05, 0.1) is 0 Å². The van der Waals surface area contributed by atoms with Gasteiger partial charge in [-0.15, -0.1) is 0 Å². The first-order valence-corrected chi connectivity index (χ1v) is 7.64. The van der Waals surface area contributed by atoms with Crippen molar-refractivity contribution in [3.05, 3.63) is 12.2 Å². The Morgan fingerprint density at radius 2 is 1.67 bits per heavy atom. The van der Waals surface area contributed by atoms with E-state index in [1.807, 2.05) is 0 Å². The minimum absolute atomic E-state index is 0.803. The largest absolute Gasteiger partial charge is 0.310 e. The van der Waals surface area contributed by atoms with Gasteiger partial charge >= 0.3 is 0 Å². The second kappa shape index (κ2) is 5.72. The van der Waals surface area contributed by atoms with Crippen LogP contribution in [0.15, 0.2) is 12.2 Å². The van der Waals surface area contributed by atoms with E-state index < -0.39 is 0 Å². The molecule has 0 aromatic heterocycles. The van der Waals surface area contributed by atoms with Gasteiger partial charge in [-0.2, -0.15) is 0 Å². The molecule has 0 aromatic rings. The van der Waals surface area contributed by atoms with Gasteiger partial charge in [0, 0.05) is 51.9 Å². The molecule has 18 heavy (non-hydrogen) atoms. The summed E-state index contributed by atoms with van der Waals surface area (Å²) >= 11 is 0. The SMILES string of the molecule is C=C(CNC1CC1)CN1CCN(CC2CC2)CC1. The number of hydrogen-bond acceptors (Lipinski definition) is 3. The van der Waals surface area contributed by atoms with E-state index in [0.717, 1.165) is 25.0 Å². The Bertz CT molecular complexity index is 286. The summed E-state index contributed by atoms with van der Waals surface area (Å²) in [6, 6.07) is 0.803. The molecule has 1 heterocycles. The topological polar surface area (TPSA) is 18.5 Å². The quantitative estimate of drug-likeness (QED) is 0.687. The minimum Gasteiger partial charge on any atom is -0.310 e. The van der Waals surface area contributed by atoms with Crippen LogP contribution in [-0.4, -0.2) is 61.7 Å². The normalized spacial score (nSPS) is 26.4. The van der Waals surface area contributed by atoms with Gasteiger partial charge in [0.25, 0.3) is 0 Å². The molecule has 0 unspecified atom stereocenters. The van der Waals surface area contributed by atoms with Crippen molar-refractivity contribution in [1.29, 1.82) is 0 Å². The lowest BCUT2D eigenvalue weighted by Gasteiger charge is -2.35. The Hall–Kier alpha value is -0.380. The standard InChI is InChI=1S/C15H27N3/c1-13(10-16-15-4-5-15)11-17-6-8-18(9-7-17)12-14-2-3-14/h14-16H,1-12H2. The van der Waals surface area contributed by atoms with E-state index >= 15 is 0 Å². The van der Waals surface area contributed by atoms with Crippen molar-refractivity contribution in [1.82, 2.24) is 15.1 Å². The molecular weight excluding hydrogens is 222 g/mol. The number of rotatable bonds is 7. The molecule has 0 spiro atoms. The average Bonchev–Trinajstić information content (AvgIpc) is 3.24. The summed E-state index contributed by atoms with van der Waals surface area (Å²) in [5.74, 6) is 1.04. The maximum absolute atomic E-state index is 4.21.